The van der Waals surface area contributed by atoms with Crippen molar-refractivity contribution in [3.63, 3.8) is 0 Å². The van der Waals surface area contributed by atoms with Crippen LogP contribution in [-0.4, -0.2) is 19.2 Å². The van der Waals surface area contributed by atoms with E-state index >= 15 is 0 Å². The molecule has 0 N–H and O–H groups in total. The molecule has 2 rings (SSSR count). The van der Waals surface area contributed by atoms with Gasteiger partial charge in [-0.25, -0.2) is 0 Å². The number of halogens is 1. The van der Waals surface area contributed by atoms with Gasteiger partial charge in [0.25, 0.3) is 0 Å². The maximum Gasteiger partial charge on any atom is 0.309 e. The molecule has 0 aliphatic heterocycles. The van der Waals surface area contributed by atoms with Crippen LogP contribution in [0.3, 0.4) is 0 Å². The van der Waals surface area contributed by atoms with Gasteiger partial charge in [-0.15, -0.1) is 0 Å². The number of hydrogen-bond acceptors (Lipinski definition) is 4. The summed E-state index contributed by atoms with van der Waals surface area (Å²) in [5.74, 6) is 1.82. The Balaban J connectivity index is 1.85. The highest BCUT2D eigenvalue weighted by atomic mass is 35.5. The fourth-order valence-electron chi connectivity index (χ4n) is 2.12. The number of hydrogen-bond donors (Lipinski definition) is 0. The first kappa shape index (κ1) is 19.1. The van der Waals surface area contributed by atoms with Crippen molar-refractivity contribution < 1.29 is 19.0 Å². The molecule has 2 unspecified atom stereocenters. The fourth-order valence-corrected chi connectivity index (χ4v) is 2.25. The third-order valence-corrected chi connectivity index (χ3v) is 4.15. The van der Waals surface area contributed by atoms with E-state index in [0.717, 1.165) is 11.5 Å². The van der Waals surface area contributed by atoms with Crippen LogP contribution in [-0.2, 0) is 9.53 Å². The van der Waals surface area contributed by atoms with Crippen molar-refractivity contribution in [3.8, 4) is 17.2 Å². The molecule has 2 aromatic rings. The predicted molar refractivity (Wildman–Crippen MR) is 98.4 cm³/mol. The maximum absolute atomic E-state index is 11.7. The highest BCUT2D eigenvalue weighted by Crippen LogP contribution is 2.25. The molecule has 0 aromatic heterocycles. The van der Waals surface area contributed by atoms with Gasteiger partial charge in [0.15, 0.2) is 0 Å². The summed E-state index contributed by atoms with van der Waals surface area (Å²) in [6.45, 7) is 6.47. The molecule has 0 saturated heterocycles. The van der Waals surface area contributed by atoms with Gasteiger partial charge in [-0.3, -0.25) is 4.79 Å². The van der Waals surface area contributed by atoms with Crippen LogP contribution in [0.1, 0.15) is 20.8 Å². The Hall–Kier alpha value is -2.20. The summed E-state index contributed by atoms with van der Waals surface area (Å²) in [5.41, 5.74) is 0. The number of ether oxygens (including phenoxy) is 3. The van der Waals surface area contributed by atoms with E-state index in [1.54, 1.807) is 19.1 Å². The minimum Gasteiger partial charge on any atom is -0.493 e. The van der Waals surface area contributed by atoms with E-state index in [0.29, 0.717) is 24.0 Å². The quantitative estimate of drug-likeness (QED) is 0.594. The van der Waals surface area contributed by atoms with Crippen LogP contribution in [0.2, 0.25) is 5.02 Å². The lowest BCUT2D eigenvalue weighted by Crippen LogP contribution is -2.25. The molecule has 0 saturated carbocycles. The SMILES string of the molecule is CCOC(=O)C(C)C(C)COc1ccc(Oc2ccc(Cl)cc2)cc1. The molecule has 2 aromatic carbocycles. The zero-order valence-corrected chi connectivity index (χ0v) is 15.5. The molecule has 25 heavy (non-hydrogen) atoms. The summed E-state index contributed by atoms with van der Waals surface area (Å²) in [6.07, 6.45) is 0. The monoisotopic (exact) mass is 362 g/mol. The molecule has 4 nitrogen and oxygen atoms in total. The number of carbonyl (C=O) groups excluding carboxylic acids is 1. The molecule has 0 radical (unpaired) electrons. The maximum atomic E-state index is 11.7. The fraction of sp³-hybridized carbons (Fsp3) is 0.350. The number of carbonyl (C=O) groups is 1. The van der Waals surface area contributed by atoms with Crippen LogP contribution < -0.4 is 9.47 Å². The van der Waals surface area contributed by atoms with Crippen LogP contribution in [0.5, 0.6) is 17.2 Å². The molecular weight excluding hydrogens is 340 g/mol. The van der Waals surface area contributed by atoms with Gasteiger partial charge in [0, 0.05) is 10.9 Å². The predicted octanol–water partition coefficient (Wildman–Crippen LogP) is 5.35. The molecule has 2 atom stereocenters. The van der Waals surface area contributed by atoms with Crippen molar-refractivity contribution in [2.24, 2.45) is 11.8 Å². The lowest BCUT2D eigenvalue weighted by Gasteiger charge is -2.19. The molecule has 0 spiro atoms. The standard InChI is InChI=1S/C20H23ClO4/c1-4-23-20(22)15(3)14(2)13-24-17-9-11-19(12-10-17)25-18-7-5-16(21)6-8-18/h5-12,14-15H,4,13H2,1-3H3. The molecule has 0 aliphatic rings. The number of rotatable bonds is 8. The zero-order chi connectivity index (χ0) is 18.2. The smallest absolute Gasteiger partial charge is 0.309 e. The van der Waals surface area contributed by atoms with Crippen LogP contribution in [0.15, 0.2) is 48.5 Å². The summed E-state index contributed by atoms with van der Waals surface area (Å²) >= 11 is 5.85. The number of esters is 1. The van der Waals surface area contributed by atoms with Crippen molar-refractivity contribution >= 4 is 17.6 Å². The third-order valence-electron chi connectivity index (χ3n) is 3.90. The highest BCUT2D eigenvalue weighted by Gasteiger charge is 2.21. The zero-order valence-electron chi connectivity index (χ0n) is 14.7. The molecule has 0 heterocycles. The Morgan fingerprint density at radius 3 is 2.04 bits per heavy atom. The summed E-state index contributed by atoms with van der Waals surface area (Å²) in [4.78, 5) is 11.7. The molecular formula is C20H23ClO4. The first-order chi connectivity index (χ1) is 12.0. The minimum atomic E-state index is -0.201. The topological polar surface area (TPSA) is 44.8 Å². The van der Waals surface area contributed by atoms with Gasteiger partial charge in [0.05, 0.1) is 19.1 Å². The van der Waals surface area contributed by atoms with E-state index in [1.165, 1.54) is 0 Å². The van der Waals surface area contributed by atoms with E-state index in [-0.39, 0.29) is 17.8 Å². The summed E-state index contributed by atoms with van der Waals surface area (Å²) < 4.78 is 16.5. The van der Waals surface area contributed by atoms with Crippen molar-refractivity contribution in [3.05, 3.63) is 53.6 Å². The first-order valence-electron chi connectivity index (χ1n) is 8.32. The Labute approximate surface area is 153 Å². The van der Waals surface area contributed by atoms with Gasteiger partial charge in [0.1, 0.15) is 17.2 Å². The third kappa shape index (κ3) is 5.98. The lowest BCUT2D eigenvalue weighted by atomic mass is 9.97. The Morgan fingerprint density at radius 1 is 0.960 bits per heavy atom. The van der Waals surface area contributed by atoms with E-state index in [9.17, 15) is 4.79 Å². The van der Waals surface area contributed by atoms with E-state index in [4.69, 9.17) is 25.8 Å². The number of benzene rings is 2. The van der Waals surface area contributed by atoms with Gasteiger partial charge in [-0.05, 0) is 55.5 Å². The normalized spacial score (nSPS) is 13.0. The van der Waals surface area contributed by atoms with Crippen molar-refractivity contribution in [2.45, 2.75) is 20.8 Å². The molecule has 5 heteroatoms. The second kappa shape index (κ2) is 9.33. The Kier molecular flexibility index (Phi) is 7.14. The van der Waals surface area contributed by atoms with Crippen LogP contribution in [0.25, 0.3) is 0 Å². The van der Waals surface area contributed by atoms with Crippen molar-refractivity contribution in [1.29, 1.82) is 0 Å². The van der Waals surface area contributed by atoms with Crippen LogP contribution in [0, 0.1) is 11.8 Å². The highest BCUT2D eigenvalue weighted by molar-refractivity contribution is 6.30. The van der Waals surface area contributed by atoms with Gasteiger partial charge in [-0.2, -0.15) is 0 Å². The van der Waals surface area contributed by atoms with Gasteiger partial charge < -0.3 is 14.2 Å². The lowest BCUT2D eigenvalue weighted by molar-refractivity contribution is -0.149. The summed E-state index contributed by atoms with van der Waals surface area (Å²) in [6, 6.07) is 14.5. The second-order valence-electron chi connectivity index (χ2n) is 5.86. The van der Waals surface area contributed by atoms with E-state index < -0.39 is 0 Å². The van der Waals surface area contributed by atoms with Gasteiger partial charge in [-0.1, -0.05) is 25.4 Å². The molecule has 0 bridgehead atoms. The van der Waals surface area contributed by atoms with E-state index in [1.807, 2.05) is 50.2 Å². The molecule has 0 fully saturated rings. The largest absolute Gasteiger partial charge is 0.493 e. The van der Waals surface area contributed by atoms with Crippen molar-refractivity contribution in [1.82, 2.24) is 0 Å². The average molecular weight is 363 g/mol. The second-order valence-corrected chi connectivity index (χ2v) is 6.29. The minimum absolute atomic E-state index is 0.0593. The first-order valence-corrected chi connectivity index (χ1v) is 8.70. The summed E-state index contributed by atoms with van der Waals surface area (Å²) in [5, 5.41) is 0.669. The van der Waals surface area contributed by atoms with Crippen LogP contribution >= 0.6 is 11.6 Å². The van der Waals surface area contributed by atoms with Crippen molar-refractivity contribution in [2.75, 3.05) is 13.2 Å². The van der Waals surface area contributed by atoms with Crippen LogP contribution in [0.4, 0.5) is 0 Å². The molecule has 134 valence electrons. The van der Waals surface area contributed by atoms with Gasteiger partial charge in [0.2, 0.25) is 0 Å². The Morgan fingerprint density at radius 2 is 1.48 bits per heavy atom. The average Bonchev–Trinajstić information content (AvgIpc) is 2.62. The Bertz CT molecular complexity index is 667. The molecule has 0 amide bonds. The molecule has 0 aliphatic carbocycles. The van der Waals surface area contributed by atoms with Gasteiger partial charge >= 0.3 is 5.97 Å². The van der Waals surface area contributed by atoms with E-state index in [2.05, 4.69) is 0 Å². The summed E-state index contributed by atoms with van der Waals surface area (Å²) in [7, 11) is 0.